The van der Waals surface area contributed by atoms with Crippen LogP contribution in [-0.2, 0) is 32.3 Å². The van der Waals surface area contributed by atoms with E-state index in [2.05, 4.69) is 0 Å². The minimum absolute atomic E-state index is 0.0982. The molecule has 0 spiro atoms. The zero-order valence-corrected chi connectivity index (χ0v) is 15.0. The molecule has 138 valence electrons. The Balaban J connectivity index is 1.99. The molecule has 26 heavy (non-hydrogen) atoms. The van der Waals surface area contributed by atoms with Gasteiger partial charge in [0, 0.05) is 6.04 Å². The lowest BCUT2D eigenvalue weighted by Crippen LogP contribution is -2.42. The molecule has 1 unspecified atom stereocenters. The maximum Gasteiger partial charge on any atom is 0.322 e. The van der Waals surface area contributed by atoms with Crippen molar-refractivity contribution >= 4 is 11.9 Å². The predicted molar refractivity (Wildman–Crippen MR) is 98.8 cm³/mol. The van der Waals surface area contributed by atoms with Gasteiger partial charge in [-0.1, -0.05) is 74.0 Å². The molecule has 2 N–H and O–H groups in total. The van der Waals surface area contributed by atoms with Crippen LogP contribution >= 0.6 is 0 Å². The second-order valence-corrected chi connectivity index (χ2v) is 6.12. The average molecular weight is 355 g/mol. The molecule has 2 aromatic rings. The highest BCUT2D eigenvalue weighted by atomic mass is 16.6. The number of carbonyl (C=O) groups is 2. The van der Waals surface area contributed by atoms with Crippen molar-refractivity contribution in [1.29, 1.82) is 0 Å². The van der Waals surface area contributed by atoms with Crippen molar-refractivity contribution in [2.24, 2.45) is 11.7 Å². The van der Waals surface area contributed by atoms with Gasteiger partial charge in [-0.2, -0.15) is 0 Å². The standard InChI is InChI=1S/C21H25NO4/c1-2-9-18(22)19(20(23)25-14-16-10-5-3-6-11-16)21(24)26-15-17-12-7-4-8-13-17/h3-8,10-13,18-19H,2,9,14-15,22H2,1H3. The van der Waals surface area contributed by atoms with Gasteiger partial charge in [0.1, 0.15) is 13.2 Å². The van der Waals surface area contributed by atoms with Crippen LogP contribution in [0.25, 0.3) is 0 Å². The Labute approximate surface area is 154 Å². The maximum absolute atomic E-state index is 12.5. The molecule has 0 heterocycles. The molecule has 0 radical (unpaired) electrons. The van der Waals surface area contributed by atoms with Crippen LogP contribution in [0.4, 0.5) is 0 Å². The van der Waals surface area contributed by atoms with Crippen LogP contribution in [0.15, 0.2) is 60.7 Å². The lowest BCUT2D eigenvalue weighted by Gasteiger charge is -2.21. The largest absolute Gasteiger partial charge is 0.460 e. The molecule has 1 atom stereocenters. The lowest BCUT2D eigenvalue weighted by atomic mass is 9.96. The van der Waals surface area contributed by atoms with Gasteiger partial charge in [-0.15, -0.1) is 0 Å². The molecule has 0 aliphatic carbocycles. The van der Waals surface area contributed by atoms with E-state index in [1.54, 1.807) is 0 Å². The number of hydrogen-bond acceptors (Lipinski definition) is 5. The minimum Gasteiger partial charge on any atom is -0.460 e. The van der Waals surface area contributed by atoms with Gasteiger partial charge in [0.05, 0.1) is 0 Å². The number of nitrogens with two attached hydrogens (primary N) is 1. The van der Waals surface area contributed by atoms with E-state index in [1.165, 1.54) is 0 Å². The van der Waals surface area contributed by atoms with Gasteiger partial charge >= 0.3 is 11.9 Å². The van der Waals surface area contributed by atoms with Crippen LogP contribution in [0, 0.1) is 5.92 Å². The first-order valence-electron chi connectivity index (χ1n) is 8.78. The summed E-state index contributed by atoms with van der Waals surface area (Å²) in [5, 5.41) is 0. The quantitative estimate of drug-likeness (QED) is 0.552. The van der Waals surface area contributed by atoms with E-state index in [4.69, 9.17) is 15.2 Å². The zero-order valence-electron chi connectivity index (χ0n) is 15.0. The highest BCUT2D eigenvalue weighted by Gasteiger charge is 2.35. The second kappa shape index (κ2) is 10.4. The lowest BCUT2D eigenvalue weighted by molar-refractivity contribution is -0.164. The third kappa shape index (κ3) is 6.01. The predicted octanol–water partition coefficient (Wildman–Crippen LogP) is 3.22. The van der Waals surface area contributed by atoms with Gasteiger partial charge in [0.25, 0.3) is 0 Å². The van der Waals surface area contributed by atoms with Crippen molar-refractivity contribution in [3.8, 4) is 0 Å². The summed E-state index contributed by atoms with van der Waals surface area (Å²) in [5.74, 6) is -2.41. The summed E-state index contributed by atoms with van der Waals surface area (Å²) in [5.41, 5.74) is 7.76. The third-order valence-electron chi connectivity index (χ3n) is 4.01. The fourth-order valence-corrected chi connectivity index (χ4v) is 2.58. The minimum atomic E-state index is -1.12. The van der Waals surface area contributed by atoms with Gasteiger partial charge in [-0.05, 0) is 17.5 Å². The van der Waals surface area contributed by atoms with Crippen molar-refractivity contribution in [1.82, 2.24) is 0 Å². The molecule has 0 amide bonds. The Bertz CT molecular complexity index is 632. The monoisotopic (exact) mass is 355 g/mol. The Morgan fingerprint density at radius 3 is 1.65 bits per heavy atom. The van der Waals surface area contributed by atoms with Crippen molar-refractivity contribution in [2.75, 3.05) is 0 Å². The Morgan fingerprint density at radius 1 is 0.846 bits per heavy atom. The van der Waals surface area contributed by atoms with Gasteiger partial charge < -0.3 is 15.2 Å². The number of esters is 2. The van der Waals surface area contributed by atoms with Gasteiger partial charge in [-0.3, -0.25) is 9.59 Å². The maximum atomic E-state index is 12.5. The zero-order chi connectivity index (χ0) is 18.8. The Hall–Kier alpha value is -2.66. The summed E-state index contributed by atoms with van der Waals surface area (Å²) in [7, 11) is 0. The summed E-state index contributed by atoms with van der Waals surface area (Å²) < 4.78 is 10.6. The summed E-state index contributed by atoms with van der Waals surface area (Å²) in [6.07, 6.45) is 1.29. The topological polar surface area (TPSA) is 78.6 Å². The van der Waals surface area contributed by atoms with Gasteiger partial charge in [0.15, 0.2) is 5.92 Å². The molecule has 2 aromatic carbocycles. The van der Waals surface area contributed by atoms with E-state index in [0.717, 1.165) is 17.5 Å². The number of benzene rings is 2. The molecule has 0 saturated heterocycles. The molecule has 0 aromatic heterocycles. The molecular weight excluding hydrogens is 330 g/mol. The molecular formula is C21H25NO4. The molecule has 2 rings (SSSR count). The smallest absolute Gasteiger partial charge is 0.322 e. The first-order valence-corrected chi connectivity index (χ1v) is 8.78. The van der Waals surface area contributed by atoms with Crippen molar-refractivity contribution in [3.05, 3.63) is 71.8 Å². The summed E-state index contributed by atoms with van der Waals surface area (Å²) >= 11 is 0. The molecule has 0 bridgehead atoms. The number of ether oxygens (including phenoxy) is 2. The van der Waals surface area contributed by atoms with Gasteiger partial charge in [-0.25, -0.2) is 0 Å². The molecule has 0 aliphatic rings. The van der Waals surface area contributed by atoms with E-state index in [9.17, 15) is 9.59 Å². The number of rotatable bonds is 9. The van der Waals surface area contributed by atoms with Crippen LogP contribution in [-0.4, -0.2) is 18.0 Å². The van der Waals surface area contributed by atoms with Crippen LogP contribution in [0.1, 0.15) is 30.9 Å². The molecule has 5 heteroatoms. The van der Waals surface area contributed by atoms with Crippen molar-refractivity contribution in [2.45, 2.75) is 39.0 Å². The van der Waals surface area contributed by atoms with Crippen molar-refractivity contribution < 1.29 is 19.1 Å². The van der Waals surface area contributed by atoms with E-state index >= 15 is 0 Å². The normalized spacial score (nSPS) is 11.8. The molecule has 5 nitrogen and oxygen atoms in total. The number of hydrogen-bond donors (Lipinski definition) is 1. The van der Waals surface area contributed by atoms with Crippen LogP contribution in [0.2, 0.25) is 0 Å². The average Bonchev–Trinajstić information content (AvgIpc) is 2.67. The first-order chi connectivity index (χ1) is 12.6. The highest BCUT2D eigenvalue weighted by molar-refractivity contribution is 5.95. The fourth-order valence-electron chi connectivity index (χ4n) is 2.58. The molecule has 0 saturated carbocycles. The Kier molecular flexibility index (Phi) is 7.83. The number of carbonyl (C=O) groups excluding carboxylic acids is 2. The van der Waals surface area contributed by atoms with E-state index in [-0.39, 0.29) is 13.2 Å². The van der Waals surface area contributed by atoms with Gasteiger partial charge in [0.2, 0.25) is 0 Å². The van der Waals surface area contributed by atoms with E-state index in [0.29, 0.717) is 6.42 Å². The van der Waals surface area contributed by atoms with Crippen molar-refractivity contribution in [3.63, 3.8) is 0 Å². The Morgan fingerprint density at radius 2 is 1.27 bits per heavy atom. The van der Waals surface area contributed by atoms with Crippen LogP contribution in [0.3, 0.4) is 0 Å². The SMILES string of the molecule is CCCC(N)C(C(=O)OCc1ccccc1)C(=O)OCc1ccccc1. The third-order valence-corrected chi connectivity index (χ3v) is 4.01. The second-order valence-electron chi connectivity index (χ2n) is 6.12. The van der Waals surface area contributed by atoms with Crippen LogP contribution in [0.5, 0.6) is 0 Å². The van der Waals surface area contributed by atoms with E-state index in [1.807, 2.05) is 67.6 Å². The molecule has 0 aliphatic heterocycles. The first kappa shape index (κ1) is 19.7. The molecule has 0 fully saturated rings. The summed E-state index contributed by atoms with van der Waals surface area (Å²) in [6.45, 7) is 2.14. The van der Waals surface area contributed by atoms with Crippen LogP contribution < -0.4 is 5.73 Å². The highest BCUT2D eigenvalue weighted by Crippen LogP contribution is 2.15. The summed E-state index contributed by atoms with van der Waals surface area (Å²) in [6, 6.07) is 18.0. The fraction of sp³-hybridized carbons (Fsp3) is 0.333. The van der Waals surface area contributed by atoms with E-state index < -0.39 is 23.9 Å². The summed E-state index contributed by atoms with van der Waals surface area (Å²) in [4.78, 5) is 25.0.